The average molecular weight is 285 g/mol. The first kappa shape index (κ1) is 11.5. The minimum Gasteiger partial charge on any atom is -0.493 e. The van der Waals surface area contributed by atoms with E-state index in [0.29, 0.717) is 17.4 Å². The molecule has 2 rings (SSSR count). The van der Waals surface area contributed by atoms with E-state index >= 15 is 0 Å². The predicted molar refractivity (Wildman–Crippen MR) is 63.9 cm³/mol. The SMILES string of the molecule is COc1cc(Br)ccc1OC(C=O)C1CC1. The molecular weight excluding hydrogens is 272 g/mol. The summed E-state index contributed by atoms with van der Waals surface area (Å²) < 4.78 is 11.8. The first-order chi connectivity index (χ1) is 7.74. The highest BCUT2D eigenvalue weighted by Crippen LogP contribution is 2.37. The van der Waals surface area contributed by atoms with Gasteiger partial charge in [-0.05, 0) is 31.0 Å². The van der Waals surface area contributed by atoms with Crippen LogP contribution in [0.15, 0.2) is 22.7 Å². The molecule has 0 heterocycles. The highest BCUT2D eigenvalue weighted by molar-refractivity contribution is 9.10. The highest BCUT2D eigenvalue weighted by Gasteiger charge is 2.33. The summed E-state index contributed by atoms with van der Waals surface area (Å²) in [5.41, 5.74) is 0. The third-order valence-corrected chi connectivity index (χ3v) is 3.10. The average Bonchev–Trinajstić information content (AvgIpc) is 3.11. The minimum absolute atomic E-state index is 0.338. The van der Waals surface area contributed by atoms with Crippen molar-refractivity contribution in [3.8, 4) is 11.5 Å². The van der Waals surface area contributed by atoms with Crippen LogP contribution in [0.5, 0.6) is 11.5 Å². The third kappa shape index (κ3) is 2.55. The van der Waals surface area contributed by atoms with E-state index in [1.165, 1.54) is 0 Å². The van der Waals surface area contributed by atoms with Crippen LogP contribution in [-0.2, 0) is 4.79 Å². The van der Waals surface area contributed by atoms with E-state index in [4.69, 9.17) is 9.47 Å². The van der Waals surface area contributed by atoms with Gasteiger partial charge in [-0.15, -0.1) is 0 Å². The lowest BCUT2D eigenvalue weighted by molar-refractivity contribution is -0.114. The number of carbonyl (C=O) groups excluding carboxylic acids is 1. The van der Waals surface area contributed by atoms with Gasteiger partial charge in [-0.2, -0.15) is 0 Å². The van der Waals surface area contributed by atoms with E-state index in [9.17, 15) is 4.79 Å². The van der Waals surface area contributed by atoms with Crippen molar-refractivity contribution in [3.63, 3.8) is 0 Å². The number of hydrogen-bond acceptors (Lipinski definition) is 3. The first-order valence-electron chi connectivity index (χ1n) is 5.20. The van der Waals surface area contributed by atoms with Gasteiger partial charge >= 0.3 is 0 Å². The summed E-state index contributed by atoms with van der Waals surface area (Å²) in [5, 5.41) is 0. The van der Waals surface area contributed by atoms with Gasteiger partial charge in [0.1, 0.15) is 0 Å². The van der Waals surface area contributed by atoms with Gasteiger partial charge in [-0.1, -0.05) is 15.9 Å². The fourth-order valence-corrected chi connectivity index (χ4v) is 1.89. The van der Waals surface area contributed by atoms with E-state index < -0.39 is 0 Å². The predicted octanol–water partition coefficient (Wildman–Crippen LogP) is 2.81. The molecule has 1 aliphatic rings. The van der Waals surface area contributed by atoms with Crippen LogP contribution in [0.1, 0.15) is 12.8 Å². The Morgan fingerprint density at radius 3 is 2.75 bits per heavy atom. The molecule has 0 amide bonds. The topological polar surface area (TPSA) is 35.5 Å². The van der Waals surface area contributed by atoms with Crippen LogP contribution >= 0.6 is 15.9 Å². The number of rotatable bonds is 5. The molecule has 1 aliphatic carbocycles. The number of ether oxygens (including phenoxy) is 2. The molecule has 0 aromatic heterocycles. The van der Waals surface area contributed by atoms with Crippen molar-refractivity contribution in [2.45, 2.75) is 18.9 Å². The largest absolute Gasteiger partial charge is 0.493 e. The van der Waals surface area contributed by atoms with Crippen molar-refractivity contribution in [1.82, 2.24) is 0 Å². The molecule has 0 spiro atoms. The lowest BCUT2D eigenvalue weighted by Gasteiger charge is -2.15. The Bertz CT molecular complexity index is 388. The van der Waals surface area contributed by atoms with Crippen LogP contribution in [0.4, 0.5) is 0 Å². The zero-order chi connectivity index (χ0) is 11.5. The molecule has 4 heteroatoms. The molecule has 1 unspecified atom stereocenters. The summed E-state index contributed by atoms with van der Waals surface area (Å²) in [6, 6.07) is 5.50. The second kappa shape index (κ2) is 4.87. The van der Waals surface area contributed by atoms with E-state index in [1.54, 1.807) is 7.11 Å². The van der Waals surface area contributed by atoms with Gasteiger partial charge in [0.2, 0.25) is 0 Å². The van der Waals surface area contributed by atoms with Gasteiger partial charge in [0.05, 0.1) is 7.11 Å². The summed E-state index contributed by atoms with van der Waals surface area (Å²) in [5.74, 6) is 1.64. The van der Waals surface area contributed by atoms with Gasteiger partial charge in [-0.3, -0.25) is 4.79 Å². The third-order valence-electron chi connectivity index (χ3n) is 2.61. The van der Waals surface area contributed by atoms with E-state index in [-0.39, 0.29) is 6.10 Å². The first-order valence-corrected chi connectivity index (χ1v) is 5.99. The number of hydrogen-bond donors (Lipinski definition) is 0. The van der Waals surface area contributed by atoms with E-state index in [1.807, 2.05) is 18.2 Å². The van der Waals surface area contributed by atoms with E-state index in [2.05, 4.69) is 15.9 Å². The molecule has 1 atom stereocenters. The van der Waals surface area contributed by atoms with Crippen LogP contribution in [0.2, 0.25) is 0 Å². The standard InChI is InChI=1S/C12H13BrO3/c1-15-11-6-9(13)4-5-10(11)16-12(7-14)8-2-3-8/h4-8,12H,2-3H2,1H3. The summed E-state index contributed by atoms with van der Waals surface area (Å²) in [6.45, 7) is 0. The molecule has 0 bridgehead atoms. The quantitative estimate of drug-likeness (QED) is 0.780. The van der Waals surface area contributed by atoms with Crippen molar-refractivity contribution in [3.05, 3.63) is 22.7 Å². The van der Waals surface area contributed by atoms with Crippen molar-refractivity contribution in [1.29, 1.82) is 0 Å². The number of methoxy groups -OCH3 is 1. The maximum Gasteiger partial charge on any atom is 0.162 e. The molecule has 0 N–H and O–H groups in total. The molecule has 1 saturated carbocycles. The molecule has 1 aromatic rings. The molecule has 3 nitrogen and oxygen atoms in total. The Hall–Kier alpha value is -1.03. The Labute approximate surface area is 103 Å². The fraction of sp³-hybridized carbons (Fsp3) is 0.417. The Kier molecular flexibility index (Phi) is 3.49. The number of aldehydes is 1. The van der Waals surface area contributed by atoms with Gasteiger partial charge in [0.25, 0.3) is 0 Å². The lowest BCUT2D eigenvalue weighted by atomic mass is 10.2. The molecule has 1 fully saturated rings. The second-order valence-electron chi connectivity index (χ2n) is 3.85. The lowest BCUT2D eigenvalue weighted by Crippen LogP contribution is -2.20. The van der Waals surface area contributed by atoms with Gasteiger partial charge in [-0.25, -0.2) is 0 Å². The molecule has 1 aromatic carbocycles. The molecule has 0 saturated heterocycles. The molecule has 0 aliphatic heterocycles. The smallest absolute Gasteiger partial charge is 0.162 e. The van der Waals surface area contributed by atoms with Gasteiger partial charge in [0.15, 0.2) is 23.9 Å². The Balaban J connectivity index is 2.15. The summed E-state index contributed by atoms with van der Waals surface area (Å²) >= 11 is 3.36. The van der Waals surface area contributed by atoms with Crippen LogP contribution in [-0.4, -0.2) is 19.5 Å². The van der Waals surface area contributed by atoms with Crippen LogP contribution in [0.25, 0.3) is 0 Å². The summed E-state index contributed by atoms with van der Waals surface area (Å²) in [6.07, 6.45) is 2.68. The van der Waals surface area contributed by atoms with Crippen LogP contribution < -0.4 is 9.47 Å². The second-order valence-corrected chi connectivity index (χ2v) is 4.77. The van der Waals surface area contributed by atoms with Crippen molar-refractivity contribution in [2.24, 2.45) is 5.92 Å². The van der Waals surface area contributed by atoms with Gasteiger partial charge < -0.3 is 9.47 Å². The Morgan fingerprint density at radius 2 is 2.19 bits per heavy atom. The highest BCUT2D eigenvalue weighted by atomic mass is 79.9. The number of carbonyl (C=O) groups is 1. The zero-order valence-corrected chi connectivity index (χ0v) is 10.6. The summed E-state index contributed by atoms with van der Waals surface area (Å²) in [7, 11) is 1.58. The molecule has 16 heavy (non-hydrogen) atoms. The van der Waals surface area contributed by atoms with Crippen LogP contribution in [0.3, 0.4) is 0 Å². The van der Waals surface area contributed by atoms with Crippen molar-refractivity contribution in [2.75, 3.05) is 7.11 Å². The normalized spacial score (nSPS) is 16.6. The summed E-state index contributed by atoms with van der Waals surface area (Å²) in [4.78, 5) is 10.9. The van der Waals surface area contributed by atoms with Crippen molar-refractivity contribution < 1.29 is 14.3 Å². The monoisotopic (exact) mass is 284 g/mol. The maximum atomic E-state index is 10.9. The molecule has 86 valence electrons. The van der Waals surface area contributed by atoms with E-state index in [0.717, 1.165) is 23.6 Å². The fourth-order valence-electron chi connectivity index (χ4n) is 1.55. The Morgan fingerprint density at radius 1 is 1.44 bits per heavy atom. The molecule has 0 radical (unpaired) electrons. The number of halogens is 1. The number of benzene rings is 1. The van der Waals surface area contributed by atoms with Gasteiger partial charge in [0, 0.05) is 10.4 Å². The minimum atomic E-state index is -0.338. The zero-order valence-electron chi connectivity index (χ0n) is 8.98. The molecular formula is C12H13BrO3. The van der Waals surface area contributed by atoms with Crippen LogP contribution in [0, 0.1) is 5.92 Å². The van der Waals surface area contributed by atoms with Crippen molar-refractivity contribution >= 4 is 22.2 Å². The maximum absolute atomic E-state index is 10.9.